The summed E-state index contributed by atoms with van der Waals surface area (Å²) in [6.07, 6.45) is -1.80. The first-order valence-electron chi connectivity index (χ1n) is 12.4. The minimum absolute atomic E-state index is 0.0260. The van der Waals surface area contributed by atoms with Gasteiger partial charge in [0, 0.05) is 29.1 Å². The van der Waals surface area contributed by atoms with Crippen LogP contribution >= 0.6 is 0 Å². The molecule has 3 aromatic heterocycles. The van der Waals surface area contributed by atoms with Gasteiger partial charge in [-0.25, -0.2) is 4.68 Å². The molecule has 0 saturated carbocycles. The molecule has 3 N–H and O–H groups in total. The van der Waals surface area contributed by atoms with Crippen LogP contribution in [0.3, 0.4) is 0 Å². The third kappa shape index (κ3) is 6.61. The Kier molecular flexibility index (Phi) is 8.51. The summed E-state index contributed by atoms with van der Waals surface area (Å²) >= 11 is 0. The van der Waals surface area contributed by atoms with Crippen molar-refractivity contribution in [3.05, 3.63) is 108 Å². The molecular formula is C29H24F3N7O2. The summed E-state index contributed by atoms with van der Waals surface area (Å²) in [7, 11) is 0. The topological polar surface area (TPSA) is 129 Å². The van der Waals surface area contributed by atoms with Crippen molar-refractivity contribution < 1.29 is 22.8 Å². The average molecular weight is 560 g/mol. The summed E-state index contributed by atoms with van der Waals surface area (Å²) in [5.74, 6) is -1.25. The fourth-order valence-corrected chi connectivity index (χ4v) is 3.80. The number of carbonyl (C=O) groups excluding carboxylic acids is 2. The number of anilines is 1. The van der Waals surface area contributed by atoms with Gasteiger partial charge in [0.25, 0.3) is 5.91 Å². The molecule has 0 atom stereocenters. The van der Waals surface area contributed by atoms with Gasteiger partial charge in [0.1, 0.15) is 0 Å². The molecule has 5 rings (SSSR count). The van der Waals surface area contributed by atoms with E-state index in [2.05, 4.69) is 25.6 Å². The van der Waals surface area contributed by atoms with Gasteiger partial charge < -0.3 is 11.1 Å². The largest absolute Gasteiger partial charge is 0.433 e. The maximum absolute atomic E-state index is 13.7. The fourth-order valence-electron chi connectivity index (χ4n) is 3.80. The average Bonchev–Trinajstić information content (AvgIpc) is 3.46. The Morgan fingerprint density at radius 2 is 1.49 bits per heavy atom. The standard InChI is InChI=1S/C27H18F3N7O2.C2H6/c28-27(29,30)22-14-21(20-8-3-11-32-15-20)36-37(22)24-10-9-23(34-35-24)33-26(39)19-7-2-5-17(13-19)16-4-1-6-18(12-16)25(31)38;1-2/h1-15H,(H2,31,38)(H,33,34,39);1-2H3. The quantitative estimate of drug-likeness (QED) is 0.271. The number of hydrogen-bond acceptors (Lipinski definition) is 6. The zero-order chi connectivity index (χ0) is 29.6. The molecule has 9 nitrogen and oxygen atoms in total. The summed E-state index contributed by atoms with van der Waals surface area (Å²) in [5, 5.41) is 14.3. The van der Waals surface area contributed by atoms with Crippen LogP contribution in [0.5, 0.6) is 0 Å². The van der Waals surface area contributed by atoms with Gasteiger partial charge in [-0.15, -0.1) is 10.2 Å². The molecule has 2 amide bonds. The van der Waals surface area contributed by atoms with Crippen LogP contribution < -0.4 is 11.1 Å². The zero-order valence-corrected chi connectivity index (χ0v) is 21.9. The lowest BCUT2D eigenvalue weighted by molar-refractivity contribution is -0.142. The maximum Gasteiger partial charge on any atom is 0.433 e. The molecule has 0 aliphatic heterocycles. The molecule has 0 aliphatic carbocycles. The number of halogens is 3. The van der Waals surface area contributed by atoms with Crippen molar-refractivity contribution in [2.45, 2.75) is 20.0 Å². The van der Waals surface area contributed by atoms with Crippen molar-refractivity contribution in [3.63, 3.8) is 0 Å². The predicted octanol–water partition coefficient (Wildman–Crippen LogP) is 5.79. The Morgan fingerprint density at radius 3 is 2.07 bits per heavy atom. The second kappa shape index (κ2) is 12.2. The highest BCUT2D eigenvalue weighted by Crippen LogP contribution is 2.33. The molecule has 0 radical (unpaired) electrons. The first-order valence-corrected chi connectivity index (χ1v) is 12.4. The summed E-state index contributed by atoms with van der Waals surface area (Å²) in [6.45, 7) is 4.00. The van der Waals surface area contributed by atoms with Crippen LogP contribution in [0.1, 0.15) is 40.3 Å². The number of pyridine rings is 1. The maximum atomic E-state index is 13.7. The van der Waals surface area contributed by atoms with E-state index < -0.39 is 23.7 Å². The lowest BCUT2D eigenvalue weighted by Gasteiger charge is -2.10. The van der Waals surface area contributed by atoms with Gasteiger partial charge >= 0.3 is 6.18 Å². The molecule has 0 unspecified atom stereocenters. The lowest BCUT2D eigenvalue weighted by atomic mass is 10.0. The van der Waals surface area contributed by atoms with Crippen LogP contribution in [0.15, 0.2) is 91.3 Å². The molecule has 0 fully saturated rings. The van der Waals surface area contributed by atoms with Gasteiger partial charge in [-0.3, -0.25) is 14.6 Å². The predicted molar refractivity (Wildman–Crippen MR) is 147 cm³/mol. The number of primary amides is 1. The highest BCUT2D eigenvalue weighted by molar-refractivity contribution is 6.04. The fraction of sp³-hybridized carbons (Fsp3) is 0.103. The van der Waals surface area contributed by atoms with E-state index in [4.69, 9.17) is 5.73 Å². The minimum Gasteiger partial charge on any atom is -0.366 e. The highest BCUT2D eigenvalue weighted by Gasteiger charge is 2.37. The Labute approximate surface area is 232 Å². The van der Waals surface area contributed by atoms with Gasteiger partial charge in [0.2, 0.25) is 5.91 Å². The van der Waals surface area contributed by atoms with Gasteiger partial charge in [-0.05, 0) is 65.7 Å². The molecule has 3 heterocycles. The smallest absolute Gasteiger partial charge is 0.366 e. The Hall–Kier alpha value is -5.39. The van der Waals surface area contributed by atoms with Crippen LogP contribution in [-0.2, 0) is 6.18 Å². The lowest BCUT2D eigenvalue weighted by Crippen LogP contribution is -2.16. The van der Waals surface area contributed by atoms with E-state index >= 15 is 0 Å². The van der Waals surface area contributed by atoms with E-state index in [1.807, 2.05) is 13.8 Å². The third-order valence-corrected chi connectivity index (χ3v) is 5.67. The number of nitrogens with one attached hydrogen (secondary N) is 1. The van der Waals surface area contributed by atoms with Crippen LogP contribution in [0.2, 0.25) is 0 Å². The normalized spacial score (nSPS) is 10.9. The van der Waals surface area contributed by atoms with Crippen molar-refractivity contribution in [2.75, 3.05) is 5.32 Å². The molecular weight excluding hydrogens is 535 g/mol. The van der Waals surface area contributed by atoms with Crippen molar-refractivity contribution in [3.8, 4) is 28.2 Å². The number of rotatable bonds is 6. The van der Waals surface area contributed by atoms with E-state index in [-0.39, 0.29) is 22.9 Å². The Morgan fingerprint density at radius 1 is 0.829 bits per heavy atom. The van der Waals surface area contributed by atoms with Crippen molar-refractivity contribution in [1.82, 2.24) is 25.0 Å². The molecule has 41 heavy (non-hydrogen) atoms. The number of aromatic nitrogens is 5. The van der Waals surface area contributed by atoms with Gasteiger partial charge in [0.15, 0.2) is 17.3 Å². The number of amides is 2. The number of benzene rings is 2. The van der Waals surface area contributed by atoms with E-state index in [0.29, 0.717) is 26.9 Å². The van der Waals surface area contributed by atoms with E-state index in [1.54, 1.807) is 60.7 Å². The zero-order valence-electron chi connectivity index (χ0n) is 21.9. The molecule has 12 heteroatoms. The van der Waals surface area contributed by atoms with E-state index in [0.717, 1.165) is 6.07 Å². The molecule has 5 aromatic rings. The van der Waals surface area contributed by atoms with Crippen LogP contribution in [0.4, 0.5) is 19.0 Å². The second-order valence-electron chi connectivity index (χ2n) is 8.32. The van der Waals surface area contributed by atoms with Crippen molar-refractivity contribution in [2.24, 2.45) is 5.73 Å². The number of nitrogens with zero attached hydrogens (tertiary/aromatic N) is 5. The first kappa shape index (κ1) is 28.6. The molecule has 0 spiro atoms. The number of carbonyl (C=O) groups is 2. The van der Waals surface area contributed by atoms with Gasteiger partial charge in [0.05, 0.1) is 5.69 Å². The van der Waals surface area contributed by atoms with E-state index in [1.165, 1.54) is 24.5 Å². The molecule has 208 valence electrons. The Balaban J connectivity index is 0.00000189. The summed E-state index contributed by atoms with van der Waals surface area (Å²) in [5.41, 5.74) is 6.77. The van der Waals surface area contributed by atoms with Crippen molar-refractivity contribution in [1.29, 1.82) is 0 Å². The Bertz CT molecular complexity index is 1670. The number of nitrogens with two attached hydrogens (primary N) is 1. The molecule has 0 aliphatic rings. The second-order valence-corrected chi connectivity index (χ2v) is 8.32. The minimum atomic E-state index is -4.70. The SMILES string of the molecule is CC.NC(=O)c1cccc(-c2cccc(C(=O)Nc3ccc(-n4nc(-c5cccnc5)cc4C(F)(F)F)nn3)c2)c1. The summed E-state index contributed by atoms with van der Waals surface area (Å²) < 4.78 is 41.8. The van der Waals surface area contributed by atoms with E-state index in [9.17, 15) is 22.8 Å². The van der Waals surface area contributed by atoms with Gasteiger partial charge in [-0.2, -0.15) is 18.3 Å². The first-order chi connectivity index (χ1) is 19.7. The van der Waals surface area contributed by atoms with Crippen LogP contribution in [0.25, 0.3) is 28.2 Å². The monoisotopic (exact) mass is 559 g/mol. The summed E-state index contributed by atoms with van der Waals surface area (Å²) in [6, 6.07) is 20.0. The number of alkyl halides is 3. The van der Waals surface area contributed by atoms with Crippen LogP contribution in [-0.4, -0.2) is 36.8 Å². The summed E-state index contributed by atoms with van der Waals surface area (Å²) in [4.78, 5) is 28.3. The van der Waals surface area contributed by atoms with Gasteiger partial charge in [-0.1, -0.05) is 38.1 Å². The molecule has 0 saturated heterocycles. The number of hydrogen-bond donors (Lipinski definition) is 2. The van der Waals surface area contributed by atoms with Crippen molar-refractivity contribution >= 4 is 17.6 Å². The molecule has 2 aromatic carbocycles. The molecule has 0 bridgehead atoms. The highest BCUT2D eigenvalue weighted by atomic mass is 19.4. The third-order valence-electron chi connectivity index (χ3n) is 5.67. The van der Waals surface area contributed by atoms with Crippen LogP contribution in [0, 0.1) is 0 Å².